The number of aromatic hydroxyl groups is 1. The molecule has 0 saturated heterocycles. The average Bonchev–Trinajstić information content (AvgIpc) is 2.44. The number of rotatable bonds is 5. The van der Waals surface area contributed by atoms with Gasteiger partial charge in [-0.2, -0.15) is 0 Å². The number of ether oxygens (including phenoxy) is 1. The average molecular weight is 268 g/mol. The lowest BCUT2D eigenvalue weighted by Gasteiger charge is -2.10. The van der Waals surface area contributed by atoms with Gasteiger partial charge in [-0.3, -0.25) is 4.99 Å². The van der Waals surface area contributed by atoms with Gasteiger partial charge in [0.2, 0.25) is 0 Å². The summed E-state index contributed by atoms with van der Waals surface area (Å²) in [7, 11) is 0. The van der Waals surface area contributed by atoms with Crippen LogP contribution in [0, 0.1) is 6.92 Å². The van der Waals surface area contributed by atoms with Crippen molar-refractivity contribution in [1.82, 2.24) is 4.98 Å². The molecule has 0 aliphatic carbocycles. The molecule has 0 saturated carbocycles. The number of benzene rings is 1. The van der Waals surface area contributed by atoms with Crippen LogP contribution in [0.5, 0.6) is 11.5 Å². The Labute approximate surface area is 117 Å². The number of para-hydroxylation sites is 1. The van der Waals surface area contributed by atoms with Crippen molar-refractivity contribution in [3.63, 3.8) is 0 Å². The van der Waals surface area contributed by atoms with Crippen molar-refractivity contribution < 1.29 is 9.84 Å². The fourth-order valence-corrected chi connectivity index (χ4v) is 1.86. The summed E-state index contributed by atoms with van der Waals surface area (Å²) in [6.45, 7) is 9.35. The number of hydrogen-bond donors (Lipinski definition) is 1. The summed E-state index contributed by atoms with van der Waals surface area (Å²) in [5.74, 6) is 0.793. The molecule has 20 heavy (non-hydrogen) atoms. The number of aryl methyl sites for hydroxylation is 1. The van der Waals surface area contributed by atoms with Gasteiger partial charge in [0.1, 0.15) is 23.6 Å². The van der Waals surface area contributed by atoms with Crippen LogP contribution in [0.1, 0.15) is 5.69 Å². The third kappa shape index (κ3) is 2.85. The Hall–Kier alpha value is -2.62. The first-order chi connectivity index (χ1) is 9.65. The topological polar surface area (TPSA) is 54.7 Å². The highest BCUT2D eigenvalue weighted by Crippen LogP contribution is 2.30. The molecule has 0 aliphatic heterocycles. The predicted octanol–water partition coefficient (Wildman–Crippen LogP) is 3.40. The maximum atomic E-state index is 9.86. The van der Waals surface area contributed by atoms with E-state index < -0.39 is 0 Å². The maximum absolute atomic E-state index is 9.86. The van der Waals surface area contributed by atoms with Gasteiger partial charge < -0.3 is 9.84 Å². The molecular formula is C16H16N2O2. The number of aromatic nitrogens is 1. The van der Waals surface area contributed by atoms with Crippen LogP contribution < -0.4 is 4.74 Å². The zero-order valence-corrected chi connectivity index (χ0v) is 11.3. The van der Waals surface area contributed by atoms with Crippen LogP contribution in [-0.4, -0.2) is 22.4 Å². The number of pyridine rings is 1. The molecule has 0 aliphatic rings. The molecule has 1 aromatic heterocycles. The summed E-state index contributed by atoms with van der Waals surface area (Å²) in [5.41, 5.74) is 1.99. The van der Waals surface area contributed by atoms with Gasteiger partial charge in [-0.05, 0) is 25.1 Å². The molecule has 102 valence electrons. The first-order valence-corrected chi connectivity index (χ1v) is 6.18. The maximum Gasteiger partial charge on any atom is 0.141 e. The molecule has 1 N–H and O–H groups in total. The van der Waals surface area contributed by atoms with Crippen molar-refractivity contribution in [2.24, 2.45) is 4.99 Å². The fourth-order valence-electron chi connectivity index (χ4n) is 1.86. The van der Waals surface area contributed by atoms with E-state index in [0.29, 0.717) is 17.0 Å². The molecular weight excluding hydrogens is 252 g/mol. The molecule has 0 amide bonds. The molecule has 2 aromatic rings. The summed E-state index contributed by atoms with van der Waals surface area (Å²) in [6.07, 6.45) is 3.07. The van der Waals surface area contributed by atoms with E-state index in [-0.39, 0.29) is 12.4 Å². The fraction of sp³-hybridized carbons (Fsp3) is 0.125. The minimum absolute atomic E-state index is 0.139. The third-order valence-electron chi connectivity index (χ3n) is 2.78. The van der Waals surface area contributed by atoms with E-state index in [2.05, 4.69) is 23.1 Å². The lowest BCUT2D eigenvalue weighted by atomic mass is 10.1. The second-order valence-corrected chi connectivity index (χ2v) is 4.23. The largest absolute Gasteiger partial charge is 0.506 e. The van der Waals surface area contributed by atoms with E-state index in [4.69, 9.17) is 4.74 Å². The standard InChI is InChI=1S/C16H16N2O2/c1-4-12(17-5-2)10-20-15-9-11(3)18-16-13(15)7-6-8-14(16)19/h4-9,19H,1-2,10H2,3H3. The van der Waals surface area contributed by atoms with Crippen molar-refractivity contribution in [1.29, 1.82) is 0 Å². The van der Waals surface area contributed by atoms with Gasteiger partial charge in [-0.15, -0.1) is 0 Å². The summed E-state index contributed by atoms with van der Waals surface area (Å²) in [5, 5.41) is 10.6. The van der Waals surface area contributed by atoms with Crippen LogP contribution >= 0.6 is 0 Å². The van der Waals surface area contributed by atoms with Gasteiger partial charge in [-0.25, -0.2) is 4.98 Å². The van der Waals surface area contributed by atoms with E-state index in [1.54, 1.807) is 18.2 Å². The van der Waals surface area contributed by atoms with Crippen molar-refractivity contribution >= 4 is 16.6 Å². The van der Waals surface area contributed by atoms with Gasteiger partial charge >= 0.3 is 0 Å². The van der Waals surface area contributed by atoms with Gasteiger partial charge in [0.05, 0.1) is 5.71 Å². The van der Waals surface area contributed by atoms with Crippen molar-refractivity contribution in [3.8, 4) is 11.5 Å². The Morgan fingerprint density at radius 2 is 2.25 bits per heavy atom. The summed E-state index contributed by atoms with van der Waals surface area (Å²) < 4.78 is 5.76. The second kappa shape index (κ2) is 6.02. The molecule has 4 heteroatoms. The minimum Gasteiger partial charge on any atom is -0.506 e. The van der Waals surface area contributed by atoms with Crippen LogP contribution in [0.2, 0.25) is 0 Å². The van der Waals surface area contributed by atoms with Crippen LogP contribution in [0.15, 0.2) is 54.7 Å². The minimum atomic E-state index is 0.139. The summed E-state index contributed by atoms with van der Waals surface area (Å²) in [4.78, 5) is 8.37. The molecule has 0 atom stereocenters. The van der Waals surface area contributed by atoms with Crippen LogP contribution in [-0.2, 0) is 0 Å². The van der Waals surface area contributed by atoms with Crippen LogP contribution in [0.4, 0.5) is 0 Å². The van der Waals surface area contributed by atoms with E-state index in [1.165, 1.54) is 6.20 Å². The lowest BCUT2D eigenvalue weighted by Crippen LogP contribution is -2.09. The number of hydrogen-bond acceptors (Lipinski definition) is 4. The normalized spacial score (nSPS) is 11.3. The van der Waals surface area contributed by atoms with Crippen LogP contribution in [0.3, 0.4) is 0 Å². The quantitative estimate of drug-likeness (QED) is 0.845. The van der Waals surface area contributed by atoms with E-state index in [0.717, 1.165) is 11.1 Å². The SMILES string of the molecule is C=CN=C(C=C)COc1cc(C)nc2c(O)cccc12. The smallest absolute Gasteiger partial charge is 0.141 e. The zero-order chi connectivity index (χ0) is 14.5. The van der Waals surface area contributed by atoms with Gasteiger partial charge in [-0.1, -0.05) is 19.2 Å². The second-order valence-electron chi connectivity index (χ2n) is 4.23. The van der Waals surface area contributed by atoms with Crippen molar-refractivity contribution in [2.45, 2.75) is 6.92 Å². The molecule has 0 fully saturated rings. The predicted molar refractivity (Wildman–Crippen MR) is 81.5 cm³/mol. The Balaban J connectivity index is 2.39. The highest BCUT2D eigenvalue weighted by atomic mass is 16.5. The van der Waals surface area contributed by atoms with Gasteiger partial charge in [0, 0.05) is 23.3 Å². The number of phenols is 1. The van der Waals surface area contributed by atoms with E-state index in [1.807, 2.05) is 19.1 Å². The van der Waals surface area contributed by atoms with Gasteiger partial charge in [0.25, 0.3) is 0 Å². The molecule has 2 rings (SSSR count). The Bertz CT molecular complexity index is 690. The highest BCUT2D eigenvalue weighted by Gasteiger charge is 2.09. The molecule has 0 bridgehead atoms. The Kier molecular flexibility index (Phi) is 4.15. The Morgan fingerprint density at radius 3 is 2.95 bits per heavy atom. The molecule has 0 spiro atoms. The van der Waals surface area contributed by atoms with Gasteiger partial charge in [0.15, 0.2) is 0 Å². The first-order valence-electron chi connectivity index (χ1n) is 6.18. The number of aliphatic imine (C=N–C) groups is 1. The summed E-state index contributed by atoms with van der Waals surface area (Å²) in [6, 6.07) is 7.05. The lowest BCUT2D eigenvalue weighted by molar-refractivity contribution is 0.381. The molecule has 1 aromatic carbocycles. The van der Waals surface area contributed by atoms with E-state index >= 15 is 0 Å². The van der Waals surface area contributed by atoms with Crippen molar-refractivity contribution in [3.05, 3.63) is 55.4 Å². The zero-order valence-electron chi connectivity index (χ0n) is 11.3. The number of nitrogens with zero attached hydrogens (tertiary/aromatic N) is 2. The highest BCUT2D eigenvalue weighted by molar-refractivity contribution is 5.96. The first kappa shape index (κ1) is 13.8. The molecule has 0 radical (unpaired) electrons. The number of phenolic OH excluding ortho intramolecular Hbond substituents is 1. The Morgan fingerprint density at radius 1 is 1.45 bits per heavy atom. The molecule has 4 nitrogen and oxygen atoms in total. The summed E-state index contributed by atoms with van der Waals surface area (Å²) >= 11 is 0. The van der Waals surface area contributed by atoms with Crippen molar-refractivity contribution in [2.75, 3.05) is 6.61 Å². The molecule has 1 heterocycles. The van der Waals surface area contributed by atoms with Crippen LogP contribution in [0.25, 0.3) is 10.9 Å². The molecule has 0 unspecified atom stereocenters. The third-order valence-corrected chi connectivity index (χ3v) is 2.78. The number of fused-ring (bicyclic) bond motifs is 1. The monoisotopic (exact) mass is 268 g/mol. The van der Waals surface area contributed by atoms with E-state index in [9.17, 15) is 5.11 Å².